The maximum absolute atomic E-state index is 8.25. The molecule has 87 valence electrons. The summed E-state index contributed by atoms with van der Waals surface area (Å²) in [7, 11) is 0. The molecule has 0 amide bonds. The van der Waals surface area contributed by atoms with E-state index >= 15 is 0 Å². The second kappa shape index (κ2) is 29.2. The summed E-state index contributed by atoms with van der Waals surface area (Å²) in [4.78, 5) is 24.8. The Balaban J connectivity index is -0.0000000184. The van der Waals surface area contributed by atoms with Gasteiger partial charge in [-0.1, -0.05) is 0 Å². The molecule has 0 aromatic heterocycles. The molecule has 0 aromatic carbocycles. The van der Waals surface area contributed by atoms with Gasteiger partial charge in [-0.15, -0.1) is 0 Å². The van der Waals surface area contributed by atoms with Crippen molar-refractivity contribution in [2.75, 3.05) is 0 Å². The van der Waals surface area contributed by atoms with Crippen LogP contribution in [0.2, 0.25) is 0 Å². The van der Waals surface area contributed by atoms with Crippen molar-refractivity contribution in [3.63, 3.8) is 0 Å². The van der Waals surface area contributed by atoms with Crippen molar-refractivity contribution in [3.05, 3.63) is 46.0 Å². The Morgan fingerprint density at radius 3 is 0.600 bits per heavy atom. The average Bonchev–Trinajstić information content (AvgIpc) is 1.54. The first-order valence-electron chi connectivity index (χ1n) is 1.64. The van der Waals surface area contributed by atoms with Crippen LogP contribution >= 0.6 is 0 Å². The predicted octanol–water partition coefficient (Wildman–Crippen LogP) is -0.722. The maximum Gasteiger partial charge on any atom is 3.00 e. The second-order valence-corrected chi connectivity index (χ2v) is 0.671. The van der Waals surface area contributed by atoms with Crippen molar-refractivity contribution < 1.29 is 91.1 Å². The minimum Gasteiger partial charge on any atom is -0.356 e. The molecule has 15 heteroatoms. The molecule has 0 bridgehead atoms. The van der Waals surface area contributed by atoms with Crippen LogP contribution in [-0.4, -0.2) is 15.3 Å². The van der Waals surface area contributed by atoms with Crippen molar-refractivity contribution in [1.82, 2.24) is 0 Å². The van der Waals surface area contributed by atoms with E-state index in [0.717, 1.165) is 0 Å². The van der Waals surface area contributed by atoms with Crippen molar-refractivity contribution in [3.8, 4) is 0 Å². The Morgan fingerprint density at radius 1 is 0.600 bits per heavy atom. The molecule has 0 aliphatic carbocycles. The van der Waals surface area contributed by atoms with Gasteiger partial charge in [0.25, 0.3) is 0 Å². The van der Waals surface area contributed by atoms with Gasteiger partial charge in [0.1, 0.15) is 0 Å². The molecule has 0 aliphatic heterocycles. The van der Waals surface area contributed by atoms with Crippen molar-refractivity contribution in [2.45, 2.75) is 0 Å². The van der Waals surface area contributed by atoms with Crippen LogP contribution < -0.4 is 0 Å². The van der Waals surface area contributed by atoms with Crippen LogP contribution in [0, 0.1) is 87.7 Å². The summed E-state index contributed by atoms with van der Waals surface area (Å²) in [6.07, 6.45) is 0. The standard InChI is InChI=1S/Ce.Cu.Mn.3NO3/c;;;3*2-1(3)4/q+3;2*+2;3*-1. The molecule has 0 fully saturated rings. The molecule has 0 unspecified atom stereocenters. The van der Waals surface area contributed by atoms with E-state index < -0.39 is 15.3 Å². The Labute approximate surface area is 136 Å². The van der Waals surface area contributed by atoms with Gasteiger partial charge in [0.15, 0.2) is 0 Å². The smallest absolute Gasteiger partial charge is 0.356 e. The van der Waals surface area contributed by atoms with E-state index in [0.29, 0.717) is 0 Å². The van der Waals surface area contributed by atoms with Gasteiger partial charge in [0.2, 0.25) is 0 Å². The average molecular weight is 445 g/mol. The molecular weight excluding hydrogens is 445 g/mol. The molecule has 0 rings (SSSR count). The van der Waals surface area contributed by atoms with Crippen molar-refractivity contribution >= 4 is 0 Å². The molecule has 0 heterocycles. The summed E-state index contributed by atoms with van der Waals surface area (Å²) < 4.78 is 0. The Hall–Kier alpha value is 0.0156. The van der Waals surface area contributed by atoms with Crippen LogP contribution in [0.4, 0.5) is 0 Å². The molecule has 0 saturated carbocycles. The van der Waals surface area contributed by atoms with Gasteiger partial charge in [-0.05, 0) is 0 Å². The van der Waals surface area contributed by atoms with Gasteiger partial charge < -0.3 is 46.0 Å². The van der Waals surface area contributed by atoms with Crippen LogP contribution in [0.5, 0.6) is 0 Å². The van der Waals surface area contributed by atoms with Crippen LogP contribution in [-0.2, 0) is 34.1 Å². The molecule has 0 spiro atoms. The third kappa shape index (κ3) is 8330000. The van der Waals surface area contributed by atoms with Crippen molar-refractivity contribution in [1.29, 1.82) is 0 Å². The molecule has 0 aliphatic rings. The molecular formula is CeCuMnN3O9+4. The Kier molecular flexibility index (Phi) is 70.7. The number of nitrogens with zero attached hydrogens (tertiary/aromatic N) is 3. The van der Waals surface area contributed by atoms with E-state index in [4.69, 9.17) is 46.0 Å². The van der Waals surface area contributed by atoms with E-state index in [9.17, 15) is 0 Å². The number of rotatable bonds is 0. The largest absolute Gasteiger partial charge is 3.00 e. The van der Waals surface area contributed by atoms with Crippen LogP contribution in [0.3, 0.4) is 0 Å². The van der Waals surface area contributed by atoms with Gasteiger partial charge in [-0.2, -0.15) is 0 Å². The van der Waals surface area contributed by atoms with E-state index in [-0.39, 0.29) is 75.9 Å². The maximum atomic E-state index is 8.25. The van der Waals surface area contributed by atoms with E-state index in [1.165, 1.54) is 0 Å². The van der Waals surface area contributed by atoms with Crippen LogP contribution in [0.15, 0.2) is 0 Å². The zero-order chi connectivity index (χ0) is 10.7. The normalized spacial score (nSPS) is 4.80. The third-order valence-electron chi connectivity index (χ3n) is 0. The molecule has 0 aromatic rings. The van der Waals surface area contributed by atoms with Crippen LogP contribution in [0.25, 0.3) is 0 Å². The molecule has 0 N–H and O–H groups in total. The zero-order valence-electron chi connectivity index (χ0n) is 6.20. The first kappa shape index (κ1) is 36.3. The van der Waals surface area contributed by atoms with Gasteiger partial charge in [0.05, 0.1) is 15.3 Å². The topological polar surface area (TPSA) is 199 Å². The van der Waals surface area contributed by atoms with E-state index in [2.05, 4.69) is 0 Å². The SMILES string of the molecule is O=[N+]([O-])[O-].O=[N+]([O-])[O-].O=[N+]([O-])[O-].[Ce+3].[Cu+2].[Mn+2]. The fraction of sp³-hybridized carbons (Fsp3) is 0. The summed E-state index contributed by atoms with van der Waals surface area (Å²) in [5, 5.41) is 44.2. The molecule has 0 saturated heterocycles. The first-order valence-corrected chi connectivity index (χ1v) is 1.64. The Morgan fingerprint density at radius 2 is 0.600 bits per heavy atom. The molecule has 15 heavy (non-hydrogen) atoms. The summed E-state index contributed by atoms with van der Waals surface area (Å²) in [5.41, 5.74) is 0. The fourth-order valence-corrected chi connectivity index (χ4v) is 0. The Bertz CT molecular complexity index is 123. The second-order valence-electron chi connectivity index (χ2n) is 0.671. The van der Waals surface area contributed by atoms with Gasteiger partial charge >= 0.3 is 75.9 Å². The monoisotopic (exact) mass is 444 g/mol. The van der Waals surface area contributed by atoms with E-state index in [1.54, 1.807) is 0 Å². The minimum absolute atomic E-state index is 0. The van der Waals surface area contributed by atoms with Crippen LogP contribution in [0.1, 0.15) is 0 Å². The number of hydrogen-bond acceptors (Lipinski definition) is 9. The first-order chi connectivity index (χ1) is 5.20. The quantitative estimate of drug-likeness (QED) is 0.262. The van der Waals surface area contributed by atoms with E-state index in [1.807, 2.05) is 0 Å². The summed E-state index contributed by atoms with van der Waals surface area (Å²) in [6.45, 7) is 0. The molecule has 0 atom stereocenters. The molecule has 12 nitrogen and oxygen atoms in total. The van der Waals surface area contributed by atoms with Gasteiger partial charge in [-0.25, -0.2) is 0 Å². The third-order valence-corrected chi connectivity index (χ3v) is 0. The minimum atomic E-state index is -1.75. The number of hydrogen-bond donors (Lipinski definition) is 0. The van der Waals surface area contributed by atoms with Gasteiger partial charge in [-0.3, -0.25) is 0 Å². The van der Waals surface area contributed by atoms with Gasteiger partial charge in [0, 0.05) is 0 Å². The zero-order valence-corrected chi connectivity index (χ0v) is 11.5. The molecule has 3 radical (unpaired) electrons. The summed E-state index contributed by atoms with van der Waals surface area (Å²) in [6, 6.07) is 0. The predicted molar refractivity (Wildman–Crippen MR) is 31.1 cm³/mol. The van der Waals surface area contributed by atoms with Crippen molar-refractivity contribution in [2.24, 2.45) is 0 Å². The summed E-state index contributed by atoms with van der Waals surface area (Å²) in [5.74, 6) is 0. The fourth-order valence-electron chi connectivity index (χ4n) is 0. The summed E-state index contributed by atoms with van der Waals surface area (Å²) >= 11 is 0.